The average molecular weight is 528 g/mol. The lowest BCUT2D eigenvalue weighted by atomic mass is 10.0. The van der Waals surface area contributed by atoms with Crippen LogP contribution in [0.2, 0.25) is 0 Å². The van der Waals surface area contributed by atoms with Crippen molar-refractivity contribution < 1.29 is 26.7 Å². The second-order valence-electron chi connectivity index (χ2n) is 8.21. The van der Waals surface area contributed by atoms with E-state index in [1.54, 1.807) is 24.3 Å². The van der Waals surface area contributed by atoms with E-state index in [0.29, 0.717) is 16.8 Å². The third-order valence-electron chi connectivity index (χ3n) is 5.84. The number of aromatic nitrogens is 2. The van der Waals surface area contributed by atoms with E-state index in [9.17, 15) is 26.7 Å². The first-order valence-electron chi connectivity index (χ1n) is 11.1. The maximum absolute atomic E-state index is 13.9. The van der Waals surface area contributed by atoms with Gasteiger partial charge in [0, 0.05) is 22.3 Å². The number of fused-ring (bicyclic) bond motifs is 1. The highest BCUT2D eigenvalue weighted by Gasteiger charge is 2.29. The molecule has 4 aromatic rings. The zero-order valence-electron chi connectivity index (χ0n) is 18.9. The van der Waals surface area contributed by atoms with Crippen LogP contribution in [-0.2, 0) is 0 Å². The molecule has 0 bridgehead atoms. The first-order valence-corrected chi connectivity index (χ1v) is 11.9. The second-order valence-corrected chi connectivity index (χ2v) is 9.35. The van der Waals surface area contributed by atoms with Crippen LogP contribution in [0.25, 0.3) is 17.2 Å². The normalized spacial score (nSPS) is 14.7. The number of nitrogens with one attached hydrogen (secondary N) is 1. The van der Waals surface area contributed by atoms with Gasteiger partial charge in [0.2, 0.25) is 0 Å². The molecule has 3 aromatic carbocycles. The quantitative estimate of drug-likeness (QED) is 0.204. The number of carbonyl (C=O) groups excluding carboxylic acids is 1. The van der Waals surface area contributed by atoms with Crippen molar-refractivity contribution in [3.8, 4) is 11.1 Å². The highest BCUT2D eigenvalue weighted by Crippen LogP contribution is 2.38. The van der Waals surface area contributed by atoms with E-state index >= 15 is 0 Å². The van der Waals surface area contributed by atoms with Gasteiger partial charge in [-0.15, -0.1) is 0 Å². The molecular weight excluding hydrogens is 509 g/mol. The summed E-state index contributed by atoms with van der Waals surface area (Å²) in [6.07, 6.45) is 2.03. The molecule has 5 rings (SSSR count). The SMILES string of the molecule is O=C(Nc1ccccc1-c1ccc(SC(F)(F)F)cc1)c1cn(C2C=Cc3ccccc32)nc1C(F)F. The van der Waals surface area contributed by atoms with E-state index in [1.807, 2.05) is 36.4 Å². The smallest absolute Gasteiger partial charge is 0.321 e. The largest absolute Gasteiger partial charge is 0.446 e. The van der Waals surface area contributed by atoms with Crippen molar-refractivity contribution in [2.24, 2.45) is 0 Å². The number of para-hydroxylation sites is 1. The van der Waals surface area contributed by atoms with Crippen LogP contribution < -0.4 is 5.32 Å². The zero-order valence-corrected chi connectivity index (χ0v) is 19.7. The third-order valence-corrected chi connectivity index (χ3v) is 6.58. The lowest BCUT2D eigenvalue weighted by Crippen LogP contribution is -2.14. The number of allylic oxidation sites excluding steroid dienone is 1. The van der Waals surface area contributed by atoms with Crippen LogP contribution >= 0.6 is 11.8 Å². The molecule has 1 unspecified atom stereocenters. The minimum Gasteiger partial charge on any atom is -0.321 e. The van der Waals surface area contributed by atoms with E-state index < -0.39 is 29.6 Å². The number of rotatable bonds is 6. The topological polar surface area (TPSA) is 46.9 Å². The van der Waals surface area contributed by atoms with Crippen LogP contribution in [0.5, 0.6) is 0 Å². The molecule has 1 aliphatic rings. The minimum atomic E-state index is -4.41. The van der Waals surface area contributed by atoms with Crippen LogP contribution in [0.1, 0.15) is 39.6 Å². The highest BCUT2D eigenvalue weighted by molar-refractivity contribution is 8.00. The maximum atomic E-state index is 13.9. The summed E-state index contributed by atoms with van der Waals surface area (Å²) in [7, 11) is 0. The number of hydrogen-bond donors (Lipinski definition) is 1. The second kappa shape index (κ2) is 9.85. The molecule has 0 spiro atoms. The summed E-state index contributed by atoms with van der Waals surface area (Å²) in [5, 5.41) is 6.70. The van der Waals surface area contributed by atoms with Crippen molar-refractivity contribution >= 4 is 29.4 Å². The van der Waals surface area contributed by atoms with Gasteiger partial charge in [-0.05, 0) is 46.7 Å². The fraction of sp³-hybridized carbons (Fsp3) is 0.111. The van der Waals surface area contributed by atoms with Gasteiger partial charge in [0.05, 0.1) is 11.6 Å². The van der Waals surface area contributed by atoms with Gasteiger partial charge in [0.15, 0.2) is 0 Å². The van der Waals surface area contributed by atoms with Gasteiger partial charge in [-0.25, -0.2) is 8.78 Å². The summed E-state index contributed by atoms with van der Waals surface area (Å²) in [6, 6.07) is 19.4. The summed E-state index contributed by atoms with van der Waals surface area (Å²) in [4.78, 5) is 13.2. The number of nitrogens with zero attached hydrogens (tertiary/aromatic N) is 2. The Morgan fingerprint density at radius 2 is 1.68 bits per heavy atom. The van der Waals surface area contributed by atoms with E-state index in [0.717, 1.165) is 11.1 Å². The van der Waals surface area contributed by atoms with Crippen molar-refractivity contribution in [2.75, 3.05) is 5.32 Å². The number of carbonyl (C=O) groups is 1. The van der Waals surface area contributed by atoms with Crippen LogP contribution in [0.3, 0.4) is 0 Å². The monoisotopic (exact) mass is 527 g/mol. The molecule has 188 valence electrons. The Labute approximate surface area is 212 Å². The Balaban J connectivity index is 1.43. The molecule has 1 heterocycles. The fourth-order valence-electron chi connectivity index (χ4n) is 4.22. The third kappa shape index (κ3) is 5.29. The summed E-state index contributed by atoms with van der Waals surface area (Å²) >= 11 is -0.225. The molecular formula is C27H18F5N3OS. The molecule has 0 aliphatic heterocycles. The Morgan fingerprint density at radius 3 is 2.41 bits per heavy atom. The van der Waals surface area contributed by atoms with Crippen LogP contribution in [0.4, 0.5) is 27.6 Å². The fourth-order valence-corrected chi connectivity index (χ4v) is 4.75. The Kier molecular flexibility index (Phi) is 6.59. The van der Waals surface area contributed by atoms with E-state index in [4.69, 9.17) is 0 Å². The number of anilines is 1. The van der Waals surface area contributed by atoms with Crippen molar-refractivity contribution in [1.82, 2.24) is 9.78 Å². The van der Waals surface area contributed by atoms with E-state index in [-0.39, 0.29) is 22.2 Å². The molecule has 1 aliphatic carbocycles. The lowest BCUT2D eigenvalue weighted by molar-refractivity contribution is -0.0328. The van der Waals surface area contributed by atoms with Crippen LogP contribution in [0.15, 0.2) is 90.0 Å². The minimum absolute atomic E-state index is 0.0225. The number of thioether (sulfide) groups is 1. The lowest BCUT2D eigenvalue weighted by Gasteiger charge is -2.12. The van der Waals surface area contributed by atoms with Crippen molar-refractivity contribution in [3.05, 3.63) is 107 Å². The molecule has 37 heavy (non-hydrogen) atoms. The van der Waals surface area contributed by atoms with Crippen molar-refractivity contribution in [3.63, 3.8) is 0 Å². The molecule has 1 aromatic heterocycles. The predicted octanol–water partition coefficient (Wildman–Crippen LogP) is 7.97. The molecule has 0 fully saturated rings. The van der Waals surface area contributed by atoms with Gasteiger partial charge in [-0.3, -0.25) is 9.48 Å². The van der Waals surface area contributed by atoms with Crippen LogP contribution in [-0.4, -0.2) is 21.2 Å². The van der Waals surface area contributed by atoms with Gasteiger partial charge < -0.3 is 5.32 Å². The molecule has 4 nitrogen and oxygen atoms in total. The predicted molar refractivity (Wildman–Crippen MR) is 133 cm³/mol. The highest BCUT2D eigenvalue weighted by atomic mass is 32.2. The van der Waals surface area contributed by atoms with Gasteiger partial charge >= 0.3 is 5.51 Å². The first-order chi connectivity index (χ1) is 17.7. The summed E-state index contributed by atoms with van der Waals surface area (Å²) in [5.41, 5.74) is -2.07. The number of alkyl halides is 5. The molecule has 1 N–H and O–H groups in total. The van der Waals surface area contributed by atoms with Gasteiger partial charge in [0.25, 0.3) is 12.3 Å². The van der Waals surface area contributed by atoms with Gasteiger partial charge in [-0.1, -0.05) is 66.7 Å². The summed E-state index contributed by atoms with van der Waals surface area (Å²) in [5.74, 6) is -0.770. The number of halogens is 5. The van der Waals surface area contributed by atoms with Gasteiger partial charge in [0.1, 0.15) is 5.69 Å². The van der Waals surface area contributed by atoms with Crippen LogP contribution in [0, 0.1) is 0 Å². The van der Waals surface area contributed by atoms with Crippen molar-refractivity contribution in [2.45, 2.75) is 22.9 Å². The van der Waals surface area contributed by atoms with E-state index in [2.05, 4.69) is 10.4 Å². The molecule has 1 amide bonds. The summed E-state index contributed by atoms with van der Waals surface area (Å²) < 4.78 is 67.0. The average Bonchev–Trinajstić information content (AvgIpc) is 3.49. The Morgan fingerprint density at radius 1 is 0.973 bits per heavy atom. The molecule has 0 radical (unpaired) electrons. The Hall–Kier alpha value is -3.92. The Bertz CT molecular complexity index is 1480. The standard InChI is InChI=1S/C27H18F5N3OS/c28-25(29)24-21(15-35(34-24)23-14-11-16-5-1-2-7-20(16)23)26(36)33-22-8-4-3-6-19(22)17-9-12-18(13-10-17)37-27(30,31)32/h1-15,23,25H,(H,33,36). The number of hydrogen-bond acceptors (Lipinski definition) is 3. The van der Waals surface area contributed by atoms with Gasteiger partial charge in [-0.2, -0.15) is 18.3 Å². The zero-order chi connectivity index (χ0) is 26.2. The molecule has 0 saturated heterocycles. The number of benzene rings is 3. The van der Waals surface area contributed by atoms with Crippen molar-refractivity contribution in [1.29, 1.82) is 0 Å². The first kappa shape index (κ1) is 24.8. The molecule has 1 atom stereocenters. The van der Waals surface area contributed by atoms with E-state index in [1.165, 1.54) is 35.1 Å². The molecule has 10 heteroatoms. The number of amides is 1. The summed E-state index contributed by atoms with van der Waals surface area (Å²) in [6.45, 7) is 0. The molecule has 0 saturated carbocycles. The maximum Gasteiger partial charge on any atom is 0.446 e.